The first-order valence-electron chi connectivity index (χ1n) is 6.68. The Bertz CT molecular complexity index is 179. The average Bonchev–Trinajstić information content (AvgIpc) is 2.76. The fourth-order valence-corrected chi connectivity index (χ4v) is 2.30. The Balaban J connectivity index is 2.40. The van der Waals surface area contributed by atoms with E-state index in [4.69, 9.17) is 4.74 Å². The Morgan fingerprint density at radius 3 is 2.69 bits per heavy atom. The van der Waals surface area contributed by atoms with E-state index in [0.29, 0.717) is 18.1 Å². The van der Waals surface area contributed by atoms with Gasteiger partial charge >= 0.3 is 0 Å². The van der Waals surface area contributed by atoms with Crippen LogP contribution in [-0.4, -0.2) is 49.8 Å². The smallest absolute Gasteiger partial charge is 0.0622 e. The molecule has 16 heavy (non-hydrogen) atoms. The van der Waals surface area contributed by atoms with Crippen molar-refractivity contribution in [2.45, 2.75) is 58.2 Å². The lowest BCUT2D eigenvalue weighted by atomic mass is 10.1. The highest BCUT2D eigenvalue weighted by Crippen LogP contribution is 2.16. The van der Waals surface area contributed by atoms with E-state index in [1.807, 2.05) is 0 Å². The summed E-state index contributed by atoms with van der Waals surface area (Å²) in [6, 6.07) is 1.86. The molecule has 1 heterocycles. The number of likely N-dealkylation sites (N-methyl/N-ethyl adjacent to an activating group) is 1. The van der Waals surface area contributed by atoms with Crippen molar-refractivity contribution in [1.82, 2.24) is 10.2 Å². The van der Waals surface area contributed by atoms with E-state index in [0.717, 1.165) is 19.8 Å². The minimum Gasteiger partial charge on any atom is -0.380 e. The van der Waals surface area contributed by atoms with Crippen LogP contribution in [0, 0.1) is 0 Å². The van der Waals surface area contributed by atoms with E-state index >= 15 is 0 Å². The summed E-state index contributed by atoms with van der Waals surface area (Å²) in [5.41, 5.74) is 0. The third-order valence-corrected chi connectivity index (χ3v) is 3.44. The van der Waals surface area contributed by atoms with Gasteiger partial charge in [0.05, 0.1) is 6.61 Å². The van der Waals surface area contributed by atoms with Gasteiger partial charge in [-0.2, -0.15) is 0 Å². The van der Waals surface area contributed by atoms with Crippen molar-refractivity contribution in [2.75, 3.05) is 26.8 Å². The van der Waals surface area contributed by atoms with Gasteiger partial charge in [-0.05, 0) is 19.9 Å². The van der Waals surface area contributed by atoms with E-state index < -0.39 is 0 Å². The molecule has 1 aliphatic heterocycles. The zero-order chi connectivity index (χ0) is 12.0. The molecule has 96 valence electrons. The summed E-state index contributed by atoms with van der Waals surface area (Å²) in [6.45, 7) is 9.63. The summed E-state index contributed by atoms with van der Waals surface area (Å²) in [4.78, 5) is 2.52. The van der Waals surface area contributed by atoms with Crippen molar-refractivity contribution < 1.29 is 4.74 Å². The van der Waals surface area contributed by atoms with Gasteiger partial charge in [-0.15, -0.1) is 0 Å². The van der Waals surface area contributed by atoms with Crippen molar-refractivity contribution in [2.24, 2.45) is 0 Å². The molecule has 1 rings (SSSR count). The lowest BCUT2D eigenvalue weighted by Crippen LogP contribution is -2.47. The highest BCUT2D eigenvalue weighted by molar-refractivity contribution is 4.81. The molecule has 0 aromatic carbocycles. The summed E-state index contributed by atoms with van der Waals surface area (Å²) in [6.07, 6.45) is 3.72. The molecule has 0 bridgehead atoms. The largest absolute Gasteiger partial charge is 0.380 e. The van der Waals surface area contributed by atoms with Crippen molar-refractivity contribution in [3.05, 3.63) is 0 Å². The fraction of sp³-hybridized carbons (Fsp3) is 1.00. The molecule has 2 unspecified atom stereocenters. The van der Waals surface area contributed by atoms with Crippen molar-refractivity contribution in [3.63, 3.8) is 0 Å². The van der Waals surface area contributed by atoms with Gasteiger partial charge in [0.1, 0.15) is 0 Å². The van der Waals surface area contributed by atoms with Crippen molar-refractivity contribution in [3.8, 4) is 0 Å². The van der Waals surface area contributed by atoms with Crippen LogP contribution in [0.3, 0.4) is 0 Å². The molecule has 1 saturated heterocycles. The van der Waals surface area contributed by atoms with Crippen LogP contribution < -0.4 is 5.32 Å². The zero-order valence-electron chi connectivity index (χ0n) is 11.3. The maximum atomic E-state index is 5.47. The van der Waals surface area contributed by atoms with Crippen molar-refractivity contribution >= 4 is 0 Å². The van der Waals surface area contributed by atoms with E-state index in [1.54, 1.807) is 0 Å². The Morgan fingerprint density at radius 1 is 1.44 bits per heavy atom. The van der Waals surface area contributed by atoms with Gasteiger partial charge in [0.25, 0.3) is 0 Å². The van der Waals surface area contributed by atoms with Gasteiger partial charge < -0.3 is 10.1 Å². The molecule has 0 amide bonds. The van der Waals surface area contributed by atoms with Gasteiger partial charge in [-0.25, -0.2) is 0 Å². The van der Waals surface area contributed by atoms with Gasteiger partial charge in [0, 0.05) is 31.3 Å². The predicted molar refractivity (Wildman–Crippen MR) is 68.8 cm³/mol. The normalized spacial score (nSPS) is 23.2. The molecule has 0 spiro atoms. The highest BCUT2D eigenvalue weighted by Gasteiger charge is 2.25. The summed E-state index contributed by atoms with van der Waals surface area (Å²) in [5.74, 6) is 0. The number of ether oxygens (including phenoxy) is 1. The molecule has 0 radical (unpaired) electrons. The number of hydrogen-bond donors (Lipinski definition) is 1. The Morgan fingerprint density at radius 2 is 2.19 bits per heavy atom. The van der Waals surface area contributed by atoms with Crippen LogP contribution in [0.2, 0.25) is 0 Å². The first-order chi connectivity index (χ1) is 7.65. The summed E-state index contributed by atoms with van der Waals surface area (Å²) in [5, 5.41) is 3.55. The number of hydrogen-bond acceptors (Lipinski definition) is 3. The second kappa shape index (κ2) is 7.25. The van der Waals surface area contributed by atoms with Crippen LogP contribution in [0.15, 0.2) is 0 Å². The lowest BCUT2D eigenvalue weighted by Gasteiger charge is -2.33. The Labute approximate surface area is 101 Å². The quantitative estimate of drug-likeness (QED) is 0.720. The molecule has 0 aromatic rings. The maximum Gasteiger partial charge on any atom is 0.0622 e. The highest BCUT2D eigenvalue weighted by atomic mass is 16.5. The minimum absolute atomic E-state index is 0.576. The summed E-state index contributed by atoms with van der Waals surface area (Å²) < 4.78 is 5.47. The molecule has 1 N–H and O–H groups in total. The van der Waals surface area contributed by atoms with E-state index in [1.165, 1.54) is 19.3 Å². The first-order valence-corrected chi connectivity index (χ1v) is 6.68. The molecule has 3 heteroatoms. The second-order valence-corrected chi connectivity index (χ2v) is 5.19. The van der Waals surface area contributed by atoms with Gasteiger partial charge in [-0.3, -0.25) is 4.90 Å². The second-order valence-electron chi connectivity index (χ2n) is 5.19. The first kappa shape index (κ1) is 13.9. The number of nitrogens with zero attached hydrogens (tertiary/aromatic N) is 1. The monoisotopic (exact) mass is 228 g/mol. The van der Waals surface area contributed by atoms with E-state index in [-0.39, 0.29) is 0 Å². The molecule has 0 aromatic heterocycles. The van der Waals surface area contributed by atoms with E-state index in [2.05, 4.69) is 38.0 Å². The maximum absolute atomic E-state index is 5.47. The molecular weight excluding hydrogens is 200 g/mol. The van der Waals surface area contributed by atoms with Crippen molar-refractivity contribution in [1.29, 1.82) is 0 Å². The van der Waals surface area contributed by atoms with Gasteiger partial charge in [0.15, 0.2) is 0 Å². The Kier molecular flexibility index (Phi) is 6.32. The standard InChI is InChI=1S/C13H28N2O/c1-5-6-12(9-14-11(2)3)15(4)13-7-8-16-10-13/h11-14H,5-10H2,1-4H3. The molecular formula is C13H28N2O. The molecule has 0 saturated carbocycles. The molecule has 1 fully saturated rings. The molecule has 0 aliphatic carbocycles. The third kappa shape index (κ3) is 4.40. The minimum atomic E-state index is 0.576. The molecule has 2 atom stereocenters. The van der Waals surface area contributed by atoms with Crippen LogP contribution in [0.4, 0.5) is 0 Å². The predicted octanol–water partition coefficient (Wildman–Crippen LogP) is 1.87. The van der Waals surface area contributed by atoms with Crippen LogP contribution in [-0.2, 0) is 4.74 Å². The lowest BCUT2D eigenvalue weighted by molar-refractivity contribution is 0.125. The topological polar surface area (TPSA) is 24.5 Å². The summed E-state index contributed by atoms with van der Waals surface area (Å²) >= 11 is 0. The summed E-state index contributed by atoms with van der Waals surface area (Å²) in [7, 11) is 2.25. The third-order valence-electron chi connectivity index (χ3n) is 3.44. The fourth-order valence-electron chi connectivity index (χ4n) is 2.30. The molecule has 1 aliphatic rings. The van der Waals surface area contributed by atoms with Gasteiger partial charge in [0.2, 0.25) is 0 Å². The van der Waals surface area contributed by atoms with Crippen LogP contribution in [0.5, 0.6) is 0 Å². The van der Waals surface area contributed by atoms with Crippen LogP contribution in [0.1, 0.15) is 40.0 Å². The van der Waals surface area contributed by atoms with Crippen LogP contribution >= 0.6 is 0 Å². The number of nitrogens with one attached hydrogen (secondary N) is 1. The Hall–Kier alpha value is -0.120. The SMILES string of the molecule is CCCC(CNC(C)C)N(C)C1CCOC1. The number of rotatable bonds is 7. The molecule has 3 nitrogen and oxygen atoms in total. The zero-order valence-corrected chi connectivity index (χ0v) is 11.3. The van der Waals surface area contributed by atoms with E-state index in [9.17, 15) is 0 Å². The average molecular weight is 228 g/mol. The van der Waals surface area contributed by atoms with Gasteiger partial charge in [-0.1, -0.05) is 27.2 Å². The van der Waals surface area contributed by atoms with Crippen LogP contribution in [0.25, 0.3) is 0 Å².